The molecule has 0 aliphatic carbocycles. The molecule has 1 fully saturated rings. The van der Waals surface area contributed by atoms with Crippen molar-refractivity contribution in [2.24, 2.45) is 0 Å². The van der Waals surface area contributed by atoms with Crippen molar-refractivity contribution in [2.75, 3.05) is 33.4 Å². The number of nitrogens with zero attached hydrogens (tertiary/aromatic N) is 3. The molecular weight excluding hydrogens is 495 g/mol. The standard InChI is InChI=1S/C24H32Cl2N4O3S/c1-16-12-20(25)28-23(26)22(16)24(32)27-8-4-17(2)29-9-5-19(6-10-29)30(21(31)14-33-3)13-18-7-11-34-15-18/h7,11-12,15,17,19H,4-6,8-10,13-14H2,1-3H3,(H,27,32)/t17-/m1/s1. The summed E-state index contributed by atoms with van der Waals surface area (Å²) in [6.45, 7) is 7.05. The molecule has 10 heteroatoms. The molecule has 1 aliphatic heterocycles. The van der Waals surface area contributed by atoms with Crippen molar-refractivity contribution in [1.29, 1.82) is 0 Å². The van der Waals surface area contributed by atoms with Crippen molar-refractivity contribution in [1.82, 2.24) is 20.1 Å². The minimum Gasteiger partial charge on any atom is -0.375 e. The molecule has 1 N–H and O–H groups in total. The number of hydrogen-bond donors (Lipinski definition) is 1. The minimum atomic E-state index is -0.238. The number of hydrogen-bond acceptors (Lipinski definition) is 6. The fourth-order valence-corrected chi connectivity index (χ4v) is 5.66. The first-order valence-corrected chi connectivity index (χ1v) is 13.1. The molecule has 0 unspecified atom stereocenters. The number of piperidine rings is 1. The molecule has 0 aromatic carbocycles. The van der Waals surface area contributed by atoms with E-state index in [0.29, 0.717) is 30.3 Å². The van der Waals surface area contributed by atoms with E-state index in [-0.39, 0.29) is 34.8 Å². The van der Waals surface area contributed by atoms with Crippen LogP contribution in [0.15, 0.2) is 22.9 Å². The number of halogens is 2. The maximum absolute atomic E-state index is 12.7. The molecular formula is C24H32Cl2N4O3S. The lowest BCUT2D eigenvalue weighted by molar-refractivity contribution is -0.139. The molecule has 0 bridgehead atoms. The number of pyridine rings is 1. The number of aromatic nitrogens is 1. The average Bonchev–Trinajstić information content (AvgIpc) is 3.30. The van der Waals surface area contributed by atoms with Gasteiger partial charge in [-0.05, 0) is 67.1 Å². The van der Waals surface area contributed by atoms with Crippen molar-refractivity contribution in [2.45, 2.75) is 51.7 Å². The van der Waals surface area contributed by atoms with E-state index in [4.69, 9.17) is 27.9 Å². The second-order valence-electron chi connectivity index (χ2n) is 8.67. The Morgan fingerprint density at radius 2 is 2.09 bits per heavy atom. The second-order valence-corrected chi connectivity index (χ2v) is 10.2. The van der Waals surface area contributed by atoms with E-state index in [1.807, 2.05) is 10.3 Å². The van der Waals surface area contributed by atoms with Crippen LogP contribution in [0.2, 0.25) is 10.3 Å². The van der Waals surface area contributed by atoms with Crippen LogP contribution in [0.1, 0.15) is 47.7 Å². The molecule has 1 aliphatic rings. The molecule has 1 atom stereocenters. The highest BCUT2D eigenvalue weighted by atomic mass is 35.5. The highest BCUT2D eigenvalue weighted by Crippen LogP contribution is 2.23. The quantitative estimate of drug-likeness (QED) is 0.464. The number of thiophene rings is 1. The number of nitrogens with one attached hydrogen (secondary N) is 1. The van der Waals surface area contributed by atoms with E-state index < -0.39 is 0 Å². The third kappa shape index (κ3) is 7.15. The summed E-state index contributed by atoms with van der Waals surface area (Å²) in [4.78, 5) is 33.6. The Bertz CT molecular complexity index is 942. The van der Waals surface area contributed by atoms with E-state index in [9.17, 15) is 9.59 Å². The number of likely N-dealkylation sites (tertiary alicyclic amines) is 1. The van der Waals surface area contributed by atoms with Gasteiger partial charge in [-0.1, -0.05) is 23.2 Å². The van der Waals surface area contributed by atoms with Crippen LogP contribution in [0.25, 0.3) is 0 Å². The molecule has 2 aromatic rings. The largest absolute Gasteiger partial charge is 0.375 e. The number of methoxy groups -OCH3 is 1. The summed E-state index contributed by atoms with van der Waals surface area (Å²) in [5.74, 6) is -0.202. The number of aryl methyl sites for hydroxylation is 1. The minimum absolute atomic E-state index is 0.0357. The zero-order chi connectivity index (χ0) is 24.7. The monoisotopic (exact) mass is 526 g/mol. The first-order chi connectivity index (χ1) is 16.3. The highest BCUT2D eigenvalue weighted by molar-refractivity contribution is 7.07. The molecule has 3 heterocycles. The van der Waals surface area contributed by atoms with E-state index in [1.54, 1.807) is 31.4 Å². The van der Waals surface area contributed by atoms with Crippen molar-refractivity contribution in [3.8, 4) is 0 Å². The number of carbonyl (C=O) groups excluding carboxylic acids is 2. The first kappa shape index (κ1) is 26.9. The topological polar surface area (TPSA) is 74.8 Å². The lowest BCUT2D eigenvalue weighted by Gasteiger charge is -2.40. The van der Waals surface area contributed by atoms with Gasteiger partial charge in [-0.15, -0.1) is 0 Å². The highest BCUT2D eigenvalue weighted by Gasteiger charge is 2.29. The predicted octanol–water partition coefficient (Wildman–Crippen LogP) is 4.41. The van der Waals surface area contributed by atoms with E-state index in [1.165, 1.54) is 0 Å². The van der Waals surface area contributed by atoms with Crippen molar-refractivity contribution in [3.63, 3.8) is 0 Å². The fourth-order valence-electron chi connectivity index (χ4n) is 4.38. The van der Waals surface area contributed by atoms with Gasteiger partial charge >= 0.3 is 0 Å². The van der Waals surface area contributed by atoms with Gasteiger partial charge in [-0.3, -0.25) is 9.59 Å². The van der Waals surface area contributed by atoms with Crippen LogP contribution in [0.3, 0.4) is 0 Å². The molecule has 2 aromatic heterocycles. The summed E-state index contributed by atoms with van der Waals surface area (Å²) >= 11 is 13.7. The van der Waals surface area contributed by atoms with Gasteiger partial charge in [0.2, 0.25) is 5.91 Å². The smallest absolute Gasteiger partial charge is 0.254 e. The summed E-state index contributed by atoms with van der Waals surface area (Å²) in [6.07, 6.45) is 2.65. The van der Waals surface area contributed by atoms with Crippen molar-refractivity contribution < 1.29 is 14.3 Å². The predicted molar refractivity (Wildman–Crippen MR) is 137 cm³/mol. The summed E-state index contributed by atoms with van der Waals surface area (Å²) in [7, 11) is 1.56. The van der Waals surface area contributed by atoms with Gasteiger partial charge < -0.3 is 19.9 Å². The number of carbonyl (C=O) groups is 2. The summed E-state index contributed by atoms with van der Waals surface area (Å²) in [5.41, 5.74) is 2.23. The molecule has 2 amide bonds. The number of rotatable bonds is 10. The molecule has 186 valence electrons. The van der Waals surface area contributed by atoms with Crippen LogP contribution in [-0.4, -0.2) is 72.0 Å². The number of ether oxygens (including phenoxy) is 1. The molecule has 3 rings (SSSR count). The number of amides is 2. The van der Waals surface area contributed by atoms with Crippen molar-refractivity contribution in [3.05, 3.63) is 49.9 Å². The van der Waals surface area contributed by atoms with Gasteiger partial charge in [-0.2, -0.15) is 11.3 Å². The lowest BCUT2D eigenvalue weighted by Crippen LogP contribution is -2.50. The Morgan fingerprint density at radius 3 is 2.71 bits per heavy atom. The lowest BCUT2D eigenvalue weighted by atomic mass is 10.00. The van der Waals surface area contributed by atoms with E-state index >= 15 is 0 Å². The van der Waals surface area contributed by atoms with E-state index in [0.717, 1.165) is 37.9 Å². The fraction of sp³-hybridized carbons (Fsp3) is 0.542. The van der Waals surface area contributed by atoms with Gasteiger partial charge in [0.15, 0.2) is 0 Å². The second kappa shape index (κ2) is 12.8. The molecule has 1 saturated heterocycles. The Balaban J connectivity index is 1.48. The van der Waals surface area contributed by atoms with Crippen LogP contribution in [0, 0.1) is 6.92 Å². The maximum atomic E-state index is 12.7. The Kier molecular flexibility index (Phi) is 10.2. The summed E-state index contributed by atoms with van der Waals surface area (Å²) in [6, 6.07) is 4.21. The normalized spacial score (nSPS) is 15.8. The van der Waals surface area contributed by atoms with Crippen LogP contribution < -0.4 is 5.32 Å². The SMILES string of the molecule is COCC(=O)N(Cc1ccsc1)C1CCN([C@H](C)CCNC(=O)c2c(C)cc(Cl)nc2Cl)CC1. The first-order valence-electron chi connectivity index (χ1n) is 11.4. The van der Waals surface area contributed by atoms with Crippen molar-refractivity contribution >= 4 is 46.4 Å². The molecule has 0 spiro atoms. The van der Waals surface area contributed by atoms with Gasteiger partial charge in [0, 0.05) is 45.4 Å². The molecule has 34 heavy (non-hydrogen) atoms. The van der Waals surface area contributed by atoms with Crippen LogP contribution in [0.4, 0.5) is 0 Å². The Morgan fingerprint density at radius 1 is 1.35 bits per heavy atom. The third-order valence-electron chi connectivity index (χ3n) is 6.30. The van der Waals surface area contributed by atoms with E-state index in [2.05, 4.69) is 33.6 Å². The summed E-state index contributed by atoms with van der Waals surface area (Å²) in [5, 5.41) is 7.47. The van der Waals surface area contributed by atoms with Gasteiger partial charge in [-0.25, -0.2) is 4.98 Å². The zero-order valence-corrected chi connectivity index (χ0v) is 22.2. The zero-order valence-electron chi connectivity index (χ0n) is 19.9. The molecule has 0 radical (unpaired) electrons. The Labute approximate surface area is 215 Å². The van der Waals surface area contributed by atoms with Gasteiger partial charge in [0.05, 0.1) is 5.56 Å². The Hall–Kier alpha value is -1.71. The molecule has 0 saturated carbocycles. The summed E-state index contributed by atoms with van der Waals surface area (Å²) < 4.78 is 5.12. The maximum Gasteiger partial charge on any atom is 0.254 e. The third-order valence-corrected chi connectivity index (χ3v) is 7.50. The average molecular weight is 528 g/mol. The van der Waals surface area contributed by atoms with Gasteiger partial charge in [0.1, 0.15) is 16.9 Å². The molecule has 7 nitrogen and oxygen atoms in total. The van der Waals surface area contributed by atoms with Gasteiger partial charge in [0.25, 0.3) is 5.91 Å². The van der Waals surface area contributed by atoms with Crippen LogP contribution >= 0.6 is 34.5 Å². The van der Waals surface area contributed by atoms with Crippen LogP contribution in [-0.2, 0) is 16.1 Å². The van der Waals surface area contributed by atoms with Crippen LogP contribution in [0.5, 0.6) is 0 Å².